The molecule has 1 atom stereocenters. The standard InChI is InChI=1S/C15H16FN/c1-10-5-3-7-12(9-10)15(17)13-8-4-6-11(2)14(13)16/h3-9,15H,17H2,1-2H3. The minimum atomic E-state index is -0.408. The molecule has 0 saturated heterocycles. The van der Waals surface area contributed by atoms with Crippen molar-refractivity contribution >= 4 is 0 Å². The van der Waals surface area contributed by atoms with Gasteiger partial charge in [0.2, 0.25) is 0 Å². The summed E-state index contributed by atoms with van der Waals surface area (Å²) in [7, 11) is 0. The average Bonchev–Trinajstić information content (AvgIpc) is 2.32. The van der Waals surface area contributed by atoms with E-state index in [0.29, 0.717) is 11.1 Å². The van der Waals surface area contributed by atoms with E-state index in [-0.39, 0.29) is 5.82 Å². The molecule has 2 aromatic rings. The van der Waals surface area contributed by atoms with Crippen LogP contribution in [0.5, 0.6) is 0 Å². The van der Waals surface area contributed by atoms with Crippen molar-refractivity contribution in [2.75, 3.05) is 0 Å². The highest BCUT2D eigenvalue weighted by Crippen LogP contribution is 2.24. The Kier molecular flexibility index (Phi) is 3.25. The second-order valence-electron chi connectivity index (χ2n) is 4.37. The molecule has 17 heavy (non-hydrogen) atoms. The van der Waals surface area contributed by atoms with Crippen LogP contribution in [0.2, 0.25) is 0 Å². The Balaban J connectivity index is 2.44. The lowest BCUT2D eigenvalue weighted by Crippen LogP contribution is -2.14. The number of benzene rings is 2. The van der Waals surface area contributed by atoms with Crippen molar-refractivity contribution in [2.45, 2.75) is 19.9 Å². The maximum absolute atomic E-state index is 14.0. The summed E-state index contributed by atoms with van der Waals surface area (Å²) in [6.45, 7) is 3.75. The molecule has 0 aliphatic rings. The van der Waals surface area contributed by atoms with Gasteiger partial charge in [-0.05, 0) is 25.0 Å². The number of hydrogen-bond acceptors (Lipinski definition) is 1. The molecule has 0 bridgehead atoms. The minimum absolute atomic E-state index is 0.207. The molecule has 0 saturated carbocycles. The second-order valence-corrected chi connectivity index (χ2v) is 4.37. The molecule has 2 N–H and O–H groups in total. The van der Waals surface area contributed by atoms with E-state index in [1.807, 2.05) is 37.3 Å². The van der Waals surface area contributed by atoms with Crippen LogP contribution in [-0.2, 0) is 0 Å². The SMILES string of the molecule is Cc1cccc(C(N)c2cccc(C)c2F)c1. The van der Waals surface area contributed by atoms with Crippen LogP contribution in [-0.4, -0.2) is 0 Å². The molecule has 0 aromatic heterocycles. The van der Waals surface area contributed by atoms with E-state index in [1.165, 1.54) is 0 Å². The van der Waals surface area contributed by atoms with Crippen molar-refractivity contribution in [3.8, 4) is 0 Å². The molecular formula is C15H16FN. The summed E-state index contributed by atoms with van der Waals surface area (Å²) >= 11 is 0. The second kappa shape index (κ2) is 4.68. The number of nitrogens with two attached hydrogens (primary N) is 1. The van der Waals surface area contributed by atoms with Gasteiger partial charge in [0, 0.05) is 5.56 Å². The summed E-state index contributed by atoms with van der Waals surface area (Å²) in [5, 5.41) is 0. The number of aryl methyl sites for hydroxylation is 2. The molecular weight excluding hydrogens is 213 g/mol. The van der Waals surface area contributed by atoms with E-state index in [9.17, 15) is 4.39 Å². The first-order valence-electron chi connectivity index (χ1n) is 5.67. The van der Waals surface area contributed by atoms with Crippen LogP contribution in [0.25, 0.3) is 0 Å². The smallest absolute Gasteiger partial charge is 0.131 e. The first-order valence-corrected chi connectivity index (χ1v) is 5.67. The summed E-state index contributed by atoms with van der Waals surface area (Å²) < 4.78 is 14.0. The minimum Gasteiger partial charge on any atom is -0.320 e. The van der Waals surface area contributed by atoms with Gasteiger partial charge in [-0.15, -0.1) is 0 Å². The number of rotatable bonds is 2. The van der Waals surface area contributed by atoms with Gasteiger partial charge in [-0.25, -0.2) is 4.39 Å². The normalized spacial score (nSPS) is 12.5. The van der Waals surface area contributed by atoms with E-state index < -0.39 is 6.04 Å². The average molecular weight is 229 g/mol. The third kappa shape index (κ3) is 2.37. The van der Waals surface area contributed by atoms with Crippen LogP contribution < -0.4 is 5.73 Å². The predicted molar refractivity (Wildman–Crippen MR) is 68.3 cm³/mol. The highest BCUT2D eigenvalue weighted by atomic mass is 19.1. The Bertz CT molecular complexity index is 534. The van der Waals surface area contributed by atoms with Gasteiger partial charge in [-0.3, -0.25) is 0 Å². The Morgan fingerprint density at radius 1 is 1.06 bits per heavy atom. The van der Waals surface area contributed by atoms with E-state index >= 15 is 0 Å². The van der Waals surface area contributed by atoms with Gasteiger partial charge in [0.1, 0.15) is 5.82 Å². The lowest BCUT2D eigenvalue weighted by atomic mass is 9.96. The quantitative estimate of drug-likeness (QED) is 0.838. The van der Waals surface area contributed by atoms with Gasteiger partial charge >= 0.3 is 0 Å². The molecule has 88 valence electrons. The molecule has 1 nitrogen and oxygen atoms in total. The molecule has 0 amide bonds. The Hall–Kier alpha value is -1.67. The highest BCUT2D eigenvalue weighted by molar-refractivity contribution is 5.36. The lowest BCUT2D eigenvalue weighted by Gasteiger charge is -2.15. The maximum Gasteiger partial charge on any atom is 0.131 e. The summed E-state index contributed by atoms with van der Waals surface area (Å²) in [6.07, 6.45) is 0. The molecule has 0 aliphatic heterocycles. The number of halogens is 1. The Morgan fingerprint density at radius 3 is 2.47 bits per heavy atom. The van der Waals surface area contributed by atoms with Crippen LogP contribution in [0.15, 0.2) is 42.5 Å². The van der Waals surface area contributed by atoms with Crippen molar-refractivity contribution in [3.63, 3.8) is 0 Å². The van der Waals surface area contributed by atoms with Gasteiger partial charge in [0.05, 0.1) is 6.04 Å². The highest BCUT2D eigenvalue weighted by Gasteiger charge is 2.14. The Labute approximate surface area is 101 Å². The lowest BCUT2D eigenvalue weighted by molar-refractivity contribution is 0.591. The molecule has 2 aromatic carbocycles. The zero-order chi connectivity index (χ0) is 12.4. The van der Waals surface area contributed by atoms with E-state index in [4.69, 9.17) is 5.73 Å². The zero-order valence-electron chi connectivity index (χ0n) is 10.1. The van der Waals surface area contributed by atoms with E-state index in [0.717, 1.165) is 11.1 Å². The topological polar surface area (TPSA) is 26.0 Å². The third-order valence-corrected chi connectivity index (χ3v) is 2.96. The first-order chi connectivity index (χ1) is 8.09. The van der Waals surface area contributed by atoms with Gasteiger partial charge in [0.25, 0.3) is 0 Å². The molecule has 1 unspecified atom stereocenters. The van der Waals surface area contributed by atoms with Crippen LogP contribution >= 0.6 is 0 Å². The summed E-state index contributed by atoms with van der Waals surface area (Å²) in [4.78, 5) is 0. The molecule has 2 heteroatoms. The van der Waals surface area contributed by atoms with Gasteiger partial charge in [-0.2, -0.15) is 0 Å². The summed E-state index contributed by atoms with van der Waals surface area (Å²) in [6, 6.07) is 12.8. The van der Waals surface area contributed by atoms with Crippen LogP contribution in [0.4, 0.5) is 4.39 Å². The van der Waals surface area contributed by atoms with Gasteiger partial charge < -0.3 is 5.73 Å². The van der Waals surface area contributed by atoms with Crippen molar-refractivity contribution < 1.29 is 4.39 Å². The number of hydrogen-bond donors (Lipinski definition) is 1. The molecule has 0 aliphatic carbocycles. The fourth-order valence-corrected chi connectivity index (χ4v) is 1.95. The fourth-order valence-electron chi connectivity index (χ4n) is 1.95. The monoisotopic (exact) mass is 229 g/mol. The largest absolute Gasteiger partial charge is 0.320 e. The van der Waals surface area contributed by atoms with Gasteiger partial charge in [0.15, 0.2) is 0 Å². The fraction of sp³-hybridized carbons (Fsp3) is 0.200. The molecule has 0 fully saturated rings. The van der Waals surface area contributed by atoms with E-state index in [1.54, 1.807) is 19.1 Å². The third-order valence-electron chi connectivity index (χ3n) is 2.96. The maximum atomic E-state index is 14.0. The van der Waals surface area contributed by atoms with Crippen LogP contribution in [0, 0.1) is 19.7 Å². The van der Waals surface area contributed by atoms with Crippen molar-refractivity contribution in [1.82, 2.24) is 0 Å². The molecule has 2 rings (SSSR count). The predicted octanol–water partition coefficient (Wildman–Crippen LogP) is 3.49. The van der Waals surface area contributed by atoms with Crippen molar-refractivity contribution in [1.29, 1.82) is 0 Å². The molecule has 0 spiro atoms. The van der Waals surface area contributed by atoms with Crippen LogP contribution in [0.3, 0.4) is 0 Å². The van der Waals surface area contributed by atoms with Crippen molar-refractivity contribution in [3.05, 3.63) is 70.5 Å². The van der Waals surface area contributed by atoms with Crippen LogP contribution in [0.1, 0.15) is 28.3 Å². The first kappa shape index (κ1) is 11.8. The van der Waals surface area contributed by atoms with E-state index in [2.05, 4.69) is 0 Å². The molecule has 0 radical (unpaired) electrons. The Morgan fingerprint density at radius 2 is 1.76 bits per heavy atom. The summed E-state index contributed by atoms with van der Waals surface area (Å²) in [5.41, 5.74) is 9.37. The molecule has 0 heterocycles. The van der Waals surface area contributed by atoms with Crippen molar-refractivity contribution in [2.24, 2.45) is 5.73 Å². The summed E-state index contributed by atoms with van der Waals surface area (Å²) in [5.74, 6) is -0.207. The van der Waals surface area contributed by atoms with Gasteiger partial charge in [-0.1, -0.05) is 48.0 Å². The zero-order valence-corrected chi connectivity index (χ0v) is 10.1.